The van der Waals surface area contributed by atoms with Gasteiger partial charge in [0, 0.05) is 16.5 Å². The van der Waals surface area contributed by atoms with Crippen LogP contribution in [-0.2, 0) is 6.61 Å². The number of aryl methyl sites for hydroxylation is 2. The third kappa shape index (κ3) is 3.55. The van der Waals surface area contributed by atoms with Crippen LogP contribution < -0.4 is 4.74 Å². The molecule has 6 heteroatoms. The zero-order valence-electron chi connectivity index (χ0n) is 16.4. The van der Waals surface area contributed by atoms with E-state index in [1.54, 1.807) is 6.07 Å². The summed E-state index contributed by atoms with van der Waals surface area (Å²) < 4.78 is 7.77. The standard InChI is InChI=1S/C23H19ClN4O/c1-14-10-21(29-13-18-7-4-6-17(11-18)12-25)26-23-22(14)16(3)27-28(23)20-9-5-8-19(24)15(20)2/h4-11H,13H2,1-3H3. The molecule has 0 saturated heterocycles. The first-order chi connectivity index (χ1) is 14.0. The Hall–Kier alpha value is -3.36. The van der Waals surface area contributed by atoms with E-state index in [-0.39, 0.29) is 0 Å². The Morgan fingerprint density at radius 1 is 1.10 bits per heavy atom. The van der Waals surface area contributed by atoms with Gasteiger partial charge in [-0.15, -0.1) is 0 Å². The van der Waals surface area contributed by atoms with Gasteiger partial charge in [-0.3, -0.25) is 0 Å². The zero-order valence-corrected chi connectivity index (χ0v) is 17.2. The number of pyridine rings is 1. The number of ether oxygens (including phenoxy) is 1. The van der Waals surface area contributed by atoms with Crippen molar-refractivity contribution in [3.8, 4) is 17.6 Å². The van der Waals surface area contributed by atoms with Gasteiger partial charge in [0.05, 0.1) is 23.0 Å². The van der Waals surface area contributed by atoms with Crippen LogP contribution in [0.2, 0.25) is 5.02 Å². The predicted octanol–water partition coefficient (Wildman–Crippen LogP) is 5.45. The van der Waals surface area contributed by atoms with E-state index in [2.05, 4.69) is 6.07 Å². The van der Waals surface area contributed by atoms with Crippen LogP contribution in [-0.4, -0.2) is 14.8 Å². The number of hydrogen-bond acceptors (Lipinski definition) is 4. The molecule has 0 saturated carbocycles. The maximum atomic E-state index is 9.06. The Bertz CT molecular complexity index is 1270. The minimum absolute atomic E-state index is 0.330. The van der Waals surface area contributed by atoms with Crippen molar-refractivity contribution in [2.24, 2.45) is 0 Å². The van der Waals surface area contributed by atoms with Crippen molar-refractivity contribution in [2.45, 2.75) is 27.4 Å². The average molecular weight is 403 g/mol. The van der Waals surface area contributed by atoms with E-state index in [0.717, 1.165) is 39.1 Å². The SMILES string of the molecule is Cc1c(Cl)cccc1-n1nc(C)c2c(C)cc(OCc3cccc(C#N)c3)nc21. The van der Waals surface area contributed by atoms with Crippen LogP contribution in [0, 0.1) is 32.1 Å². The highest BCUT2D eigenvalue weighted by Gasteiger charge is 2.16. The van der Waals surface area contributed by atoms with Crippen LogP contribution in [0.5, 0.6) is 5.88 Å². The Morgan fingerprint density at radius 2 is 1.90 bits per heavy atom. The fraction of sp³-hybridized carbons (Fsp3) is 0.174. The van der Waals surface area contributed by atoms with E-state index in [1.807, 2.05) is 67.9 Å². The van der Waals surface area contributed by atoms with E-state index in [0.29, 0.717) is 23.1 Å². The molecule has 2 heterocycles. The smallest absolute Gasteiger partial charge is 0.215 e. The van der Waals surface area contributed by atoms with Gasteiger partial charge in [-0.05, 0) is 61.7 Å². The number of rotatable bonds is 4. The minimum Gasteiger partial charge on any atom is -0.473 e. The summed E-state index contributed by atoms with van der Waals surface area (Å²) in [5, 5.41) is 15.5. The van der Waals surface area contributed by atoms with Crippen LogP contribution in [0.3, 0.4) is 0 Å². The summed E-state index contributed by atoms with van der Waals surface area (Å²) in [6.45, 7) is 6.30. The van der Waals surface area contributed by atoms with Crippen molar-refractivity contribution in [1.29, 1.82) is 5.26 Å². The average Bonchev–Trinajstić information content (AvgIpc) is 3.05. The molecule has 4 aromatic rings. The van der Waals surface area contributed by atoms with Crippen molar-refractivity contribution in [2.75, 3.05) is 0 Å². The first-order valence-electron chi connectivity index (χ1n) is 9.22. The molecule has 0 atom stereocenters. The second-order valence-corrected chi connectivity index (χ2v) is 7.37. The molecule has 0 radical (unpaired) electrons. The van der Waals surface area contributed by atoms with E-state index in [9.17, 15) is 0 Å². The van der Waals surface area contributed by atoms with Crippen LogP contribution >= 0.6 is 11.6 Å². The topological polar surface area (TPSA) is 63.7 Å². The summed E-state index contributed by atoms with van der Waals surface area (Å²) in [6.07, 6.45) is 0. The number of nitrogens with zero attached hydrogens (tertiary/aromatic N) is 4. The van der Waals surface area contributed by atoms with Gasteiger partial charge in [0.2, 0.25) is 5.88 Å². The largest absolute Gasteiger partial charge is 0.473 e. The Kier molecular flexibility index (Phi) is 4.96. The number of fused-ring (bicyclic) bond motifs is 1. The molecule has 0 aliphatic carbocycles. The molecule has 2 aromatic heterocycles. The molecule has 0 aliphatic rings. The van der Waals surface area contributed by atoms with E-state index >= 15 is 0 Å². The number of hydrogen-bond donors (Lipinski definition) is 0. The number of halogens is 1. The molecule has 29 heavy (non-hydrogen) atoms. The van der Waals surface area contributed by atoms with Gasteiger partial charge in [0.15, 0.2) is 5.65 Å². The lowest BCUT2D eigenvalue weighted by molar-refractivity contribution is 0.294. The van der Waals surface area contributed by atoms with Gasteiger partial charge in [0.25, 0.3) is 0 Å². The highest BCUT2D eigenvalue weighted by atomic mass is 35.5. The predicted molar refractivity (Wildman–Crippen MR) is 114 cm³/mol. The first-order valence-corrected chi connectivity index (χ1v) is 9.60. The van der Waals surface area contributed by atoms with Crippen molar-refractivity contribution in [3.63, 3.8) is 0 Å². The van der Waals surface area contributed by atoms with Crippen LogP contribution in [0.25, 0.3) is 16.7 Å². The molecule has 0 amide bonds. The van der Waals surface area contributed by atoms with Gasteiger partial charge in [-0.2, -0.15) is 15.3 Å². The lowest BCUT2D eigenvalue weighted by atomic mass is 10.1. The van der Waals surface area contributed by atoms with E-state index in [4.69, 9.17) is 31.7 Å². The minimum atomic E-state index is 0.330. The molecular weight excluding hydrogens is 384 g/mol. The summed E-state index contributed by atoms with van der Waals surface area (Å²) in [5.74, 6) is 0.512. The molecule has 0 spiro atoms. The molecule has 144 valence electrons. The van der Waals surface area contributed by atoms with E-state index < -0.39 is 0 Å². The van der Waals surface area contributed by atoms with Gasteiger partial charge < -0.3 is 4.74 Å². The highest BCUT2D eigenvalue weighted by molar-refractivity contribution is 6.31. The van der Waals surface area contributed by atoms with Gasteiger partial charge in [0.1, 0.15) is 6.61 Å². The fourth-order valence-corrected chi connectivity index (χ4v) is 3.60. The van der Waals surface area contributed by atoms with Crippen molar-refractivity contribution in [3.05, 3.63) is 81.5 Å². The molecule has 0 unspecified atom stereocenters. The fourth-order valence-electron chi connectivity index (χ4n) is 3.43. The molecule has 4 rings (SSSR count). The Balaban J connectivity index is 1.75. The second-order valence-electron chi connectivity index (χ2n) is 6.96. The van der Waals surface area contributed by atoms with Gasteiger partial charge in [-0.1, -0.05) is 29.8 Å². The van der Waals surface area contributed by atoms with Gasteiger partial charge in [-0.25, -0.2) is 4.68 Å². The van der Waals surface area contributed by atoms with Crippen molar-refractivity contribution < 1.29 is 4.74 Å². The molecule has 0 bridgehead atoms. The van der Waals surface area contributed by atoms with E-state index in [1.165, 1.54) is 0 Å². The normalized spacial score (nSPS) is 10.9. The summed E-state index contributed by atoms with van der Waals surface area (Å²) in [4.78, 5) is 4.73. The molecular formula is C23H19ClN4O. The molecule has 0 fully saturated rings. The number of aromatic nitrogens is 3. The number of benzene rings is 2. The molecule has 5 nitrogen and oxygen atoms in total. The summed E-state index contributed by atoms with van der Waals surface area (Å²) in [6, 6.07) is 17.2. The third-order valence-electron chi connectivity index (χ3n) is 4.90. The zero-order chi connectivity index (χ0) is 20.5. The quantitative estimate of drug-likeness (QED) is 0.455. The summed E-state index contributed by atoms with van der Waals surface area (Å²) >= 11 is 6.32. The second kappa shape index (κ2) is 7.57. The Morgan fingerprint density at radius 3 is 2.69 bits per heavy atom. The summed E-state index contributed by atoms with van der Waals surface area (Å²) in [7, 11) is 0. The van der Waals surface area contributed by atoms with Crippen molar-refractivity contribution >= 4 is 22.6 Å². The molecule has 2 aromatic carbocycles. The highest BCUT2D eigenvalue weighted by Crippen LogP contribution is 2.29. The maximum absolute atomic E-state index is 9.06. The maximum Gasteiger partial charge on any atom is 0.215 e. The van der Waals surface area contributed by atoms with Gasteiger partial charge >= 0.3 is 0 Å². The molecule has 0 N–H and O–H groups in total. The van der Waals surface area contributed by atoms with Crippen molar-refractivity contribution in [1.82, 2.24) is 14.8 Å². The Labute approximate surface area is 174 Å². The first kappa shape index (κ1) is 19.0. The number of nitriles is 1. The lowest BCUT2D eigenvalue weighted by Gasteiger charge is -2.10. The van der Waals surface area contributed by atoms with Crippen LogP contribution in [0.15, 0.2) is 48.5 Å². The van der Waals surface area contributed by atoms with Crippen LogP contribution in [0.4, 0.5) is 0 Å². The van der Waals surface area contributed by atoms with Crippen LogP contribution in [0.1, 0.15) is 27.9 Å². The summed E-state index contributed by atoms with van der Waals surface area (Å²) in [5.41, 5.74) is 6.03. The molecule has 0 aliphatic heterocycles. The third-order valence-corrected chi connectivity index (χ3v) is 5.31. The lowest BCUT2D eigenvalue weighted by Crippen LogP contribution is -2.03. The monoisotopic (exact) mass is 402 g/mol.